The average molecular weight is 271 g/mol. The zero-order valence-electron chi connectivity index (χ0n) is 10.7. The molecule has 1 heterocycles. The second kappa shape index (κ2) is 6.61. The van der Waals surface area contributed by atoms with Gasteiger partial charge in [-0.2, -0.15) is 0 Å². The number of likely N-dealkylation sites (N-methyl/N-ethyl adjacent to an activating group) is 1. The van der Waals surface area contributed by atoms with E-state index >= 15 is 0 Å². The fourth-order valence-electron chi connectivity index (χ4n) is 1.83. The monoisotopic (exact) mass is 270 g/mol. The maximum Gasteiger partial charge on any atom is 0.227 e. The summed E-state index contributed by atoms with van der Waals surface area (Å²) in [7, 11) is 3.50. The molecule has 0 atom stereocenters. The summed E-state index contributed by atoms with van der Waals surface area (Å²) in [4.78, 5) is 13.8. The van der Waals surface area contributed by atoms with Crippen molar-refractivity contribution in [3.63, 3.8) is 0 Å². The minimum atomic E-state index is 0. The van der Waals surface area contributed by atoms with Gasteiger partial charge in [0.05, 0.1) is 19.6 Å². The minimum absolute atomic E-state index is 0. The van der Waals surface area contributed by atoms with Gasteiger partial charge in [-0.25, -0.2) is 0 Å². The van der Waals surface area contributed by atoms with Crippen LogP contribution >= 0.6 is 12.4 Å². The van der Waals surface area contributed by atoms with Crippen molar-refractivity contribution in [2.75, 3.05) is 27.2 Å². The Hall–Kier alpha value is -1.26. The zero-order chi connectivity index (χ0) is 12.3. The van der Waals surface area contributed by atoms with E-state index in [4.69, 9.17) is 4.74 Å². The molecule has 0 bridgehead atoms. The molecule has 0 saturated carbocycles. The largest absolute Gasteiger partial charge is 0.497 e. The third-order valence-corrected chi connectivity index (χ3v) is 3.19. The normalized spacial score (nSPS) is 14.3. The van der Waals surface area contributed by atoms with Crippen LogP contribution in [0, 0.1) is 0 Å². The van der Waals surface area contributed by atoms with Crippen LogP contribution in [0.25, 0.3) is 0 Å². The summed E-state index contributed by atoms with van der Waals surface area (Å²) in [6.45, 7) is 1.81. The van der Waals surface area contributed by atoms with E-state index in [0.717, 1.165) is 24.4 Å². The molecule has 1 amide bonds. The van der Waals surface area contributed by atoms with E-state index in [9.17, 15) is 4.79 Å². The zero-order valence-corrected chi connectivity index (χ0v) is 11.5. The number of nitrogens with zero attached hydrogens (tertiary/aromatic N) is 1. The fourth-order valence-corrected chi connectivity index (χ4v) is 1.83. The molecule has 1 aliphatic heterocycles. The van der Waals surface area contributed by atoms with Crippen molar-refractivity contribution in [2.45, 2.75) is 12.5 Å². The topological polar surface area (TPSA) is 41.6 Å². The molecule has 1 saturated heterocycles. The van der Waals surface area contributed by atoms with Gasteiger partial charge in [0.25, 0.3) is 0 Å². The lowest BCUT2D eigenvalue weighted by atomic mass is 10.1. The SMILES string of the molecule is COc1cccc(CC(=O)N(C)C2CNC2)c1.Cl. The van der Waals surface area contributed by atoms with Crippen LogP contribution in [-0.2, 0) is 11.2 Å². The first-order chi connectivity index (χ1) is 8.20. The minimum Gasteiger partial charge on any atom is -0.497 e. The number of hydrogen-bond donors (Lipinski definition) is 1. The molecule has 0 radical (unpaired) electrons. The Balaban J connectivity index is 0.00000162. The quantitative estimate of drug-likeness (QED) is 0.891. The van der Waals surface area contributed by atoms with E-state index in [1.165, 1.54) is 0 Å². The maximum atomic E-state index is 12.0. The molecular weight excluding hydrogens is 252 g/mol. The number of carbonyl (C=O) groups is 1. The molecule has 0 spiro atoms. The number of amides is 1. The maximum absolute atomic E-state index is 12.0. The van der Waals surface area contributed by atoms with Crippen molar-refractivity contribution < 1.29 is 9.53 Å². The number of nitrogens with one attached hydrogen (secondary N) is 1. The summed E-state index contributed by atoms with van der Waals surface area (Å²) < 4.78 is 5.14. The second-order valence-corrected chi connectivity index (χ2v) is 4.35. The average Bonchev–Trinajstić information content (AvgIpc) is 2.27. The van der Waals surface area contributed by atoms with Crippen molar-refractivity contribution in [2.24, 2.45) is 0 Å². The Labute approximate surface area is 114 Å². The molecule has 1 aliphatic rings. The summed E-state index contributed by atoms with van der Waals surface area (Å²) in [6, 6.07) is 8.01. The van der Waals surface area contributed by atoms with E-state index in [-0.39, 0.29) is 18.3 Å². The molecule has 1 fully saturated rings. The molecule has 1 N–H and O–H groups in total. The molecule has 4 nitrogen and oxygen atoms in total. The van der Waals surface area contributed by atoms with Gasteiger partial charge >= 0.3 is 0 Å². The van der Waals surface area contributed by atoms with E-state index in [1.54, 1.807) is 7.11 Å². The van der Waals surface area contributed by atoms with Crippen LogP contribution in [0.4, 0.5) is 0 Å². The molecular formula is C13H19ClN2O2. The van der Waals surface area contributed by atoms with Crippen molar-refractivity contribution in [1.29, 1.82) is 0 Å². The highest BCUT2D eigenvalue weighted by Crippen LogP contribution is 2.14. The summed E-state index contributed by atoms with van der Waals surface area (Å²) >= 11 is 0. The Morgan fingerprint density at radius 1 is 1.50 bits per heavy atom. The van der Waals surface area contributed by atoms with Crippen molar-refractivity contribution in [3.05, 3.63) is 29.8 Å². The molecule has 1 aromatic carbocycles. The lowest BCUT2D eigenvalue weighted by Crippen LogP contribution is -2.57. The van der Waals surface area contributed by atoms with Crippen LogP contribution in [0.15, 0.2) is 24.3 Å². The van der Waals surface area contributed by atoms with Crippen LogP contribution in [-0.4, -0.2) is 44.1 Å². The molecule has 100 valence electrons. The van der Waals surface area contributed by atoms with Crippen LogP contribution in [0.1, 0.15) is 5.56 Å². The predicted octanol–water partition coefficient (Wildman–Crippen LogP) is 1.09. The molecule has 0 unspecified atom stereocenters. The van der Waals surface area contributed by atoms with Gasteiger partial charge in [-0.15, -0.1) is 12.4 Å². The molecule has 1 aromatic rings. The van der Waals surface area contributed by atoms with Gasteiger partial charge < -0.3 is 15.0 Å². The number of rotatable bonds is 4. The lowest BCUT2D eigenvalue weighted by molar-refractivity contribution is -0.132. The smallest absolute Gasteiger partial charge is 0.227 e. The molecule has 2 rings (SSSR count). The summed E-state index contributed by atoms with van der Waals surface area (Å²) in [5, 5.41) is 3.17. The van der Waals surface area contributed by atoms with Gasteiger partial charge in [0, 0.05) is 20.1 Å². The first-order valence-electron chi connectivity index (χ1n) is 5.80. The highest BCUT2D eigenvalue weighted by molar-refractivity contribution is 5.85. The number of hydrogen-bond acceptors (Lipinski definition) is 3. The molecule has 0 aromatic heterocycles. The highest BCUT2D eigenvalue weighted by Gasteiger charge is 2.25. The van der Waals surface area contributed by atoms with E-state index in [0.29, 0.717) is 12.5 Å². The van der Waals surface area contributed by atoms with Gasteiger partial charge in [-0.05, 0) is 17.7 Å². The van der Waals surface area contributed by atoms with E-state index < -0.39 is 0 Å². The van der Waals surface area contributed by atoms with Crippen LogP contribution in [0.2, 0.25) is 0 Å². The second-order valence-electron chi connectivity index (χ2n) is 4.35. The van der Waals surface area contributed by atoms with Gasteiger partial charge in [0.15, 0.2) is 0 Å². The molecule has 18 heavy (non-hydrogen) atoms. The van der Waals surface area contributed by atoms with E-state index in [2.05, 4.69) is 5.32 Å². The van der Waals surface area contributed by atoms with Crippen LogP contribution in [0.5, 0.6) is 5.75 Å². The fraction of sp³-hybridized carbons (Fsp3) is 0.462. The van der Waals surface area contributed by atoms with Gasteiger partial charge in [0.1, 0.15) is 5.75 Å². The van der Waals surface area contributed by atoms with Gasteiger partial charge in [-0.1, -0.05) is 12.1 Å². The van der Waals surface area contributed by atoms with E-state index in [1.807, 2.05) is 36.2 Å². The first-order valence-corrected chi connectivity index (χ1v) is 5.80. The Bertz CT molecular complexity index is 408. The summed E-state index contributed by atoms with van der Waals surface area (Å²) in [5.41, 5.74) is 0.994. The Kier molecular flexibility index (Phi) is 5.44. The lowest BCUT2D eigenvalue weighted by Gasteiger charge is -2.35. The van der Waals surface area contributed by atoms with Gasteiger partial charge in [0.2, 0.25) is 5.91 Å². The van der Waals surface area contributed by atoms with Gasteiger partial charge in [-0.3, -0.25) is 4.79 Å². The third-order valence-electron chi connectivity index (χ3n) is 3.19. The Morgan fingerprint density at radius 2 is 2.22 bits per heavy atom. The number of benzene rings is 1. The number of ether oxygens (including phenoxy) is 1. The third kappa shape index (κ3) is 3.37. The Morgan fingerprint density at radius 3 is 2.78 bits per heavy atom. The van der Waals surface area contributed by atoms with Crippen molar-refractivity contribution in [3.8, 4) is 5.75 Å². The molecule has 0 aliphatic carbocycles. The summed E-state index contributed by atoms with van der Waals surface area (Å²) in [6.07, 6.45) is 0.435. The van der Waals surface area contributed by atoms with Crippen molar-refractivity contribution in [1.82, 2.24) is 10.2 Å². The number of carbonyl (C=O) groups excluding carboxylic acids is 1. The summed E-state index contributed by atoms with van der Waals surface area (Å²) in [5.74, 6) is 0.952. The standard InChI is InChI=1S/C13H18N2O2.ClH/c1-15(11-8-14-9-11)13(16)7-10-4-3-5-12(6-10)17-2;/h3-6,11,14H,7-9H2,1-2H3;1H. The van der Waals surface area contributed by atoms with Crippen molar-refractivity contribution >= 4 is 18.3 Å². The first kappa shape index (κ1) is 14.8. The number of halogens is 1. The molecule has 5 heteroatoms. The highest BCUT2D eigenvalue weighted by atomic mass is 35.5. The predicted molar refractivity (Wildman–Crippen MR) is 73.4 cm³/mol. The van der Waals surface area contributed by atoms with Crippen LogP contribution < -0.4 is 10.1 Å². The van der Waals surface area contributed by atoms with Crippen LogP contribution in [0.3, 0.4) is 0 Å². The number of methoxy groups -OCH3 is 1.